The highest BCUT2D eigenvalue weighted by molar-refractivity contribution is 5.76. The molecule has 1 aliphatic carbocycles. The molecule has 23 heavy (non-hydrogen) atoms. The second-order valence-electron chi connectivity index (χ2n) is 6.12. The van der Waals surface area contributed by atoms with E-state index in [0.29, 0.717) is 6.04 Å². The van der Waals surface area contributed by atoms with Gasteiger partial charge in [-0.3, -0.25) is 14.5 Å². The lowest BCUT2D eigenvalue weighted by Crippen LogP contribution is -2.35. The van der Waals surface area contributed by atoms with Crippen molar-refractivity contribution < 1.29 is 4.79 Å². The molecule has 1 saturated carbocycles. The number of anilines is 1. The molecular formula is C17H23N5O. The molecule has 0 aromatic carbocycles. The zero-order chi connectivity index (χ0) is 16.1. The summed E-state index contributed by atoms with van der Waals surface area (Å²) in [5.41, 5.74) is 2.06. The summed E-state index contributed by atoms with van der Waals surface area (Å²) in [4.78, 5) is 16.0. The van der Waals surface area contributed by atoms with Crippen molar-refractivity contribution in [3.05, 3.63) is 42.5 Å². The van der Waals surface area contributed by atoms with Gasteiger partial charge in [-0.05, 0) is 37.5 Å². The van der Waals surface area contributed by atoms with Gasteiger partial charge in [0.1, 0.15) is 6.54 Å². The van der Waals surface area contributed by atoms with Gasteiger partial charge in [0.2, 0.25) is 5.91 Å². The molecule has 3 rings (SSSR count). The van der Waals surface area contributed by atoms with Gasteiger partial charge in [0.25, 0.3) is 0 Å². The first-order chi connectivity index (χ1) is 11.2. The number of aromatic nitrogens is 3. The minimum Gasteiger partial charge on any atom is -0.376 e. The van der Waals surface area contributed by atoms with E-state index in [2.05, 4.69) is 27.6 Å². The molecule has 6 nitrogen and oxygen atoms in total. The van der Waals surface area contributed by atoms with Crippen molar-refractivity contribution >= 4 is 11.6 Å². The molecule has 1 amide bonds. The molecule has 2 N–H and O–H groups in total. The SMILES string of the molecule is CC(Nc1cnn(CC(=O)NC2CCCC2)c1)c1ccncc1. The van der Waals surface area contributed by atoms with Gasteiger partial charge in [0.05, 0.1) is 11.9 Å². The minimum atomic E-state index is 0.0359. The second kappa shape index (κ2) is 7.26. The lowest BCUT2D eigenvalue weighted by atomic mass is 10.1. The molecular weight excluding hydrogens is 290 g/mol. The Morgan fingerprint density at radius 1 is 1.35 bits per heavy atom. The zero-order valence-electron chi connectivity index (χ0n) is 13.4. The van der Waals surface area contributed by atoms with E-state index in [1.807, 2.05) is 18.3 Å². The number of pyridine rings is 1. The third-order valence-corrected chi connectivity index (χ3v) is 4.25. The van der Waals surface area contributed by atoms with Crippen LogP contribution in [0.3, 0.4) is 0 Å². The van der Waals surface area contributed by atoms with Crippen molar-refractivity contribution in [2.24, 2.45) is 0 Å². The fourth-order valence-electron chi connectivity index (χ4n) is 3.00. The van der Waals surface area contributed by atoms with E-state index in [4.69, 9.17) is 0 Å². The maximum atomic E-state index is 12.0. The van der Waals surface area contributed by atoms with Crippen molar-refractivity contribution in [2.75, 3.05) is 5.32 Å². The van der Waals surface area contributed by atoms with Gasteiger partial charge in [0, 0.05) is 30.7 Å². The van der Waals surface area contributed by atoms with Crippen LogP contribution < -0.4 is 10.6 Å². The Morgan fingerprint density at radius 2 is 2.09 bits per heavy atom. The average molecular weight is 313 g/mol. The monoisotopic (exact) mass is 313 g/mol. The van der Waals surface area contributed by atoms with Crippen LogP contribution in [0.5, 0.6) is 0 Å². The summed E-state index contributed by atoms with van der Waals surface area (Å²) >= 11 is 0. The highest BCUT2D eigenvalue weighted by atomic mass is 16.2. The van der Waals surface area contributed by atoms with Crippen LogP contribution in [0.25, 0.3) is 0 Å². The van der Waals surface area contributed by atoms with E-state index in [-0.39, 0.29) is 18.5 Å². The Kier molecular flexibility index (Phi) is 4.90. The first-order valence-electron chi connectivity index (χ1n) is 8.19. The van der Waals surface area contributed by atoms with Gasteiger partial charge in [-0.1, -0.05) is 12.8 Å². The van der Waals surface area contributed by atoms with E-state index < -0.39 is 0 Å². The lowest BCUT2D eigenvalue weighted by molar-refractivity contribution is -0.122. The predicted octanol–water partition coefficient (Wildman–Crippen LogP) is 2.51. The lowest BCUT2D eigenvalue weighted by Gasteiger charge is -2.13. The smallest absolute Gasteiger partial charge is 0.241 e. The maximum Gasteiger partial charge on any atom is 0.241 e. The van der Waals surface area contributed by atoms with Crippen molar-refractivity contribution in [1.82, 2.24) is 20.1 Å². The number of carbonyl (C=O) groups excluding carboxylic acids is 1. The number of hydrogen-bond donors (Lipinski definition) is 2. The Bertz CT molecular complexity index is 633. The van der Waals surface area contributed by atoms with Crippen LogP contribution in [-0.2, 0) is 11.3 Å². The van der Waals surface area contributed by atoms with E-state index in [9.17, 15) is 4.79 Å². The zero-order valence-corrected chi connectivity index (χ0v) is 13.4. The maximum absolute atomic E-state index is 12.0. The molecule has 1 atom stereocenters. The molecule has 0 bridgehead atoms. The number of carbonyl (C=O) groups is 1. The molecule has 2 aromatic rings. The predicted molar refractivity (Wildman–Crippen MR) is 88.9 cm³/mol. The summed E-state index contributed by atoms with van der Waals surface area (Å²) in [5.74, 6) is 0.0359. The molecule has 0 radical (unpaired) electrons. The van der Waals surface area contributed by atoms with Gasteiger partial charge in [-0.25, -0.2) is 0 Å². The van der Waals surface area contributed by atoms with Gasteiger partial charge in [0.15, 0.2) is 0 Å². The summed E-state index contributed by atoms with van der Waals surface area (Å²) in [7, 11) is 0. The van der Waals surface area contributed by atoms with Crippen molar-refractivity contribution in [1.29, 1.82) is 0 Å². The topological polar surface area (TPSA) is 71.8 Å². The van der Waals surface area contributed by atoms with Gasteiger partial charge in [-0.2, -0.15) is 5.10 Å². The normalized spacial score (nSPS) is 16.2. The fourth-order valence-corrected chi connectivity index (χ4v) is 3.00. The fraction of sp³-hybridized carbons (Fsp3) is 0.471. The third kappa shape index (κ3) is 4.31. The number of amides is 1. The van der Waals surface area contributed by atoms with Crippen LogP contribution >= 0.6 is 0 Å². The first-order valence-corrected chi connectivity index (χ1v) is 8.19. The molecule has 2 aromatic heterocycles. The standard InChI is InChI=1S/C17H23N5O/c1-13(14-6-8-18-9-7-14)20-16-10-19-22(11-16)12-17(23)21-15-4-2-3-5-15/h6-11,13,15,20H,2-5,12H2,1H3,(H,21,23). The van der Waals surface area contributed by atoms with Gasteiger partial charge in [-0.15, -0.1) is 0 Å². The summed E-state index contributed by atoms with van der Waals surface area (Å²) in [5, 5.41) is 10.7. The third-order valence-electron chi connectivity index (χ3n) is 4.25. The van der Waals surface area contributed by atoms with Crippen LogP contribution in [0.15, 0.2) is 36.9 Å². The molecule has 1 fully saturated rings. The molecule has 6 heteroatoms. The molecule has 0 saturated heterocycles. The molecule has 0 aliphatic heterocycles. The molecule has 0 spiro atoms. The Balaban J connectivity index is 1.52. The Hall–Kier alpha value is -2.37. The molecule has 1 unspecified atom stereocenters. The summed E-state index contributed by atoms with van der Waals surface area (Å²) < 4.78 is 1.67. The number of nitrogens with one attached hydrogen (secondary N) is 2. The number of rotatable bonds is 6. The van der Waals surface area contributed by atoms with Crippen molar-refractivity contribution in [3.63, 3.8) is 0 Å². The quantitative estimate of drug-likeness (QED) is 0.859. The highest BCUT2D eigenvalue weighted by Gasteiger charge is 2.17. The van der Waals surface area contributed by atoms with Gasteiger partial charge < -0.3 is 10.6 Å². The summed E-state index contributed by atoms with van der Waals surface area (Å²) in [6, 6.07) is 4.47. The van der Waals surface area contributed by atoms with E-state index in [1.165, 1.54) is 12.8 Å². The van der Waals surface area contributed by atoms with Crippen molar-refractivity contribution in [2.45, 2.75) is 51.2 Å². The highest BCUT2D eigenvalue weighted by Crippen LogP contribution is 2.19. The van der Waals surface area contributed by atoms with Crippen LogP contribution in [-0.4, -0.2) is 26.7 Å². The number of hydrogen-bond acceptors (Lipinski definition) is 4. The van der Waals surface area contributed by atoms with Crippen molar-refractivity contribution in [3.8, 4) is 0 Å². The number of nitrogens with zero attached hydrogens (tertiary/aromatic N) is 3. The molecule has 1 aliphatic rings. The molecule has 2 heterocycles. The van der Waals surface area contributed by atoms with Crippen LogP contribution in [0, 0.1) is 0 Å². The van der Waals surface area contributed by atoms with E-state index in [1.54, 1.807) is 23.3 Å². The van der Waals surface area contributed by atoms with Crippen LogP contribution in [0.2, 0.25) is 0 Å². The average Bonchev–Trinajstić information content (AvgIpc) is 3.20. The molecule has 122 valence electrons. The minimum absolute atomic E-state index is 0.0359. The van der Waals surface area contributed by atoms with Gasteiger partial charge >= 0.3 is 0 Å². The summed E-state index contributed by atoms with van der Waals surface area (Å²) in [6.45, 7) is 2.35. The van der Waals surface area contributed by atoms with Crippen LogP contribution in [0.4, 0.5) is 5.69 Å². The second-order valence-corrected chi connectivity index (χ2v) is 6.12. The first kappa shape index (κ1) is 15.5. The van der Waals surface area contributed by atoms with E-state index in [0.717, 1.165) is 24.1 Å². The Morgan fingerprint density at radius 3 is 2.83 bits per heavy atom. The van der Waals surface area contributed by atoms with E-state index >= 15 is 0 Å². The largest absolute Gasteiger partial charge is 0.376 e. The van der Waals surface area contributed by atoms with Crippen LogP contribution in [0.1, 0.15) is 44.2 Å². The summed E-state index contributed by atoms with van der Waals surface area (Å²) in [6.07, 6.45) is 11.8. The Labute approximate surface area is 136 Å².